The predicted molar refractivity (Wildman–Crippen MR) is 146 cm³/mol. The maximum absolute atomic E-state index is 13.6. The standard InChI is InChI=1S/C28H30Cl2N2O2S/c1-3-20(2)31-28(34)26(17-21-8-5-4-6-9-21)32(18-22-10-7-11-24(30)16-22)27(33)19-35-25-14-12-23(29)13-15-25/h4-16,20,26H,3,17-19H2,1-2H3,(H,31,34)/t20-,26+/m1/s1. The SMILES string of the molecule is CC[C@@H](C)NC(=O)[C@H](Cc1ccccc1)N(Cc1cccc(Cl)c1)C(=O)CSc1ccc(Cl)cc1. The Morgan fingerprint density at radius 2 is 1.60 bits per heavy atom. The van der Waals surface area contributed by atoms with Crippen LogP contribution in [0.4, 0.5) is 0 Å². The number of hydrogen-bond acceptors (Lipinski definition) is 3. The summed E-state index contributed by atoms with van der Waals surface area (Å²) in [6.45, 7) is 4.28. The van der Waals surface area contributed by atoms with E-state index in [1.54, 1.807) is 23.1 Å². The summed E-state index contributed by atoms with van der Waals surface area (Å²) in [5, 5.41) is 4.32. The third-order valence-electron chi connectivity index (χ3n) is 5.69. The molecule has 3 aromatic rings. The monoisotopic (exact) mass is 528 g/mol. The molecule has 0 fully saturated rings. The second-order valence-electron chi connectivity index (χ2n) is 8.42. The van der Waals surface area contributed by atoms with Gasteiger partial charge in [-0.15, -0.1) is 11.8 Å². The molecule has 0 bridgehead atoms. The van der Waals surface area contributed by atoms with E-state index < -0.39 is 6.04 Å². The Morgan fingerprint density at radius 1 is 0.914 bits per heavy atom. The maximum atomic E-state index is 13.6. The van der Waals surface area contributed by atoms with Gasteiger partial charge in [0, 0.05) is 33.9 Å². The molecular formula is C28H30Cl2N2O2S. The topological polar surface area (TPSA) is 49.4 Å². The van der Waals surface area contributed by atoms with Crippen molar-refractivity contribution in [3.05, 3.63) is 100 Å². The first kappa shape index (κ1) is 27.1. The lowest BCUT2D eigenvalue weighted by atomic mass is 10.0. The lowest BCUT2D eigenvalue weighted by molar-refractivity contribution is -0.139. The minimum atomic E-state index is -0.663. The molecule has 2 atom stereocenters. The van der Waals surface area contributed by atoms with Crippen molar-refractivity contribution in [3.8, 4) is 0 Å². The minimum Gasteiger partial charge on any atom is -0.352 e. The van der Waals surface area contributed by atoms with Crippen LogP contribution in [0, 0.1) is 0 Å². The first-order valence-corrected chi connectivity index (χ1v) is 13.4. The molecule has 4 nitrogen and oxygen atoms in total. The molecule has 7 heteroatoms. The molecule has 2 amide bonds. The van der Waals surface area contributed by atoms with Crippen LogP contribution in [-0.2, 0) is 22.6 Å². The van der Waals surface area contributed by atoms with Crippen LogP contribution < -0.4 is 5.32 Å². The van der Waals surface area contributed by atoms with Crippen molar-refractivity contribution in [2.45, 2.75) is 50.2 Å². The molecular weight excluding hydrogens is 499 g/mol. The van der Waals surface area contributed by atoms with E-state index in [0.717, 1.165) is 22.4 Å². The van der Waals surface area contributed by atoms with Gasteiger partial charge in [-0.25, -0.2) is 0 Å². The zero-order chi connectivity index (χ0) is 25.2. The van der Waals surface area contributed by atoms with Crippen LogP contribution in [0.15, 0.2) is 83.8 Å². The van der Waals surface area contributed by atoms with Crippen molar-refractivity contribution < 1.29 is 9.59 Å². The number of benzene rings is 3. The molecule has 0 unspecified atom stereocenters. The van der Waals surface area contributed by atoms with Crippen LogP contribution in [0.25, 0.3) is 0 Å². The highest BCUT2D eigenvalue weighted by Crippen LogP contribution is 2.23. The van der Waals surface area contributed by atoms with Crippen LogP contribution >= 0.6 is 35.0 Å². The summed E-state index contributed by atoms with van der Waals surface area (Å²) in [6.07, 6.45) is 1.22. The normalized spacial score (nSPS) is 12.6. The van der Waals surface area contributed by atoms with Gasteiger partial charge in [-0.2, -0.15) is 0 Å². The predicted octanol–water partition coefficient (Wildman–Crippen LogP) is 6.64. The fourth-order valence-electron chi connectivity index (χ4n) is 3.59. The van der Waals surface area contributed by atoms with Crippen LogP contribution in [0.5, 0.6) is 0 Å². The van der Waals surface area contributed by atoms with Gasteiger partial charge >= 0.3 is 0 Å². The largest absolute Gasteiger partial charge is 0.352 e. The van der Waals surface area contributed by atoms with Gasteiger partial charge in [0.15, 0.2) is 0 Å². The quantitative estimate of drug-likeness (QED) is 0.283. The van der Waals surface area contributed by atoms with Gasteiger partial charge in [0.1, 0.15) is 6.04 Å². The number of carbonyl (C=O) groups excluding carboxylic acids is 2. The van der Waals surface area contributed by atoms with Gasteiger partial charge in [-0.05, 0) is 60.9 Å². The van der Waals surface area contributed by atoms with Crippen LogP contribution in [-0.4, -0.2) is 34.6 Å². The van der Waals surface area contributed by atoms with Crippen LogP contribution in [0.2, 0.25) is 10.0 Å². The lowest BCUT2D eigenvalue weighted by Crippen LogP contribution is -2.52. The van der Waals surface area contributed by atoms with E-state index in [-0.39, 0.29) is 30.2 Å². The molecule has 0 aromatic heterocycles. The highest BCUT2D eigenvalue weighted by atomic mass is 35.5. The van der Waals surface area contributed by atoms with Crippen molar-refractivity contribution in [1.82, 2.24) is 10.2 Å². The molecule has 184 valence electrons. The van der Waals surface area contributed by atoms with E-state index in [1.807, 2.05) is 74.5 Å². The zero-order valence-electron chi connectivity index (χ0n) is 19.9. The molecule has 0 radical (unpaired) electrons. The minimum absolute atomic E-state index is 0.00679. The van der Waals surface area contributed by atoms with E-state index in [0.29, 0.717) is 16.5 Å². The van der Waals surface area contributed by atoms with Gasteiger partial charge < -0.3 is 10.2 Å². The molecule has 0 heterocycles. The smallest absolute Gasteiger partial charge is 0.243 e. The summed E-state index contributed by atoms with van der Waals surface area (Å²) < 4.78 is 0. The molecule has 0 aliphatic heterocycles. The summed E-state index contributed by atoms with van der Waals surface area (Å²) in [5.41, 5.74) is 1.86. The highest BCUT2D eigenvalue weighted by Gasteiger charge is 2.31. The second-order valence-corrected chi connectivity index (χ2v) is 10.3. The lowest BCUT2D eigenvalue weighted by Gasteiger charge is -2.32. The number of hydrogen-bond donors (Lipinski definition) is 1. The average molecular weight is 530 g/mol. The number of halogens is 2. The summed E-state index contributed by atoms with van der Waals surface area (Å²) in [7, 11) is 0. The highest BCUT2D eigenvalue weighted by molar-refractivity contribution is 8.00. The molecule has 35 heavy (non-hydrogen) atoms. The van der Waals surface area contributed by atoms with Gasteiger partial charge in [-0.1, -0.05) is 72.6 Å². The first-order valence-electron chi connectivity index (χ1n) is 11.6. The van der Waals surface area contributed by atoms with Gasteiger partial charge in [0.25, 0.3) is 0 Å². The van der Waals surface area contributed by atoms with Crippen molar-refractivity contribution in [1.29, 1.82) is 0 Å². The van der Waals surface area contributed by atoms with E-state index in [1.165, 1.54) is 11.8 Å². The second kappa shape index (κ2) is 13.6. The Morgan fingerprint density at radius 3 is 2.26 bits per heavy atom. The van der Waals surface area contributed by atoms with Gasteiger partial charge in [0.2, 0.25) is 11.8 Å². The number of carbonyl (C=O) groups is 2. The molecule has 0 saturated heterocycles. The van der Waals surface area contributed by atoms with Crippen molar-refractivity contribution in [3.63, 3.8) is 0 Å². The van der Waals surface area contributed by atoms with E-state index >= 15 is 0 Å². The number of thioether (sulfide) groups is 1. The molecule has 0 aliphatic carbocycles. The summed E-state index contributed by atoms with van der Waals surface area (Å²) in [5.74, 6) is -0.0791. The fraction of sp³-hybridized carbons (Fsp3) is 0.286. The zero-order valence-corrected chi connectivity index (χ0v) is 22.2. The summed E-state index contributed by atoms with van der Waals surface area (Å²) in [4.78, 5) is 29.7. The van der Waals surface area contributed by atoms with Crippen LogP contribution in [0.3, 0.4) is 0 Å². The first-order chi connectivity index (χ1) is 16.9. The van der Waals surface area contributed by atoms with Crippen molar-refractivity contribution >= 4 is 46.8 Å². The van der Waals surface area contributed by atoms with Gasteiger partial charge in [0.05, 0.1) is 5.75 Å². The number of amides is 2. The van der Waals surface area contributed by atoms with Crippen LogP contribution in [0.1, 0.15) is 31.4 Å². The van der Waals surface area contributed by atoms with Gasteiger partial charge in [-0.3, -0.25) is 9.59 Å². The Balaban J connectivity index is 1.90. The Kier molecular flexibility index (Phi) is 10.5. The Bertz CT molecular complexity index is 1110. The third kappa shape index (κ3) is 8.60. The Labute approximate surface area is 222 Å². The summed E-state index contributed by atoms with van der Waals surface area (Å²) in [6, 6.07) is 23.9. The average Bonchev–Trinajstić information content (AvgIpc) is 2.86. The fourth-order valence-corrected chi connectivity index (χ4v) is 4.71. The molecule has 3 rings (SSSR count). The summed E-state index contributed by atoms with van der Waals surface area (Å²) >= 11 is 13.6. The Hall–Kier alpha value is -2.47. The molecule has 0 spiro atoms. The third-order valence-corrected chi connectivity index (χ3v) is 7.17. The number of nitrogens with zero attached hydrogens (tertiary/aromatic N) is 1. The van der Waals surface area contributed by atoms with Crippen molar-refractivity contribution in [2.75, 3.05) is 5.75 Å². The molecule has 3 aromatic carbocycles. The molecule has 1 N–H and O–H groups in total. The van der Waals surface area contributed by atoms with Crippen molar-refractivity contribution in [2.24, 2.45) is 0 Å². The number of nitrogens with one attached hydrogen (secondary N) is 1. The number of rotatable bonds is 11. The van der Waals surface area contributed by atoms with E-state index in [9.17, 15) is 9.59 Å². The maximum Gasteiger partial charge on any atom is 0.243 e. The van der Waals surface area contributed by atoms with E-state index in [4.69, 9.17) is 23.2 Å². The molecule has 0 aliphatic rings. The van der Waals surface area contributed by atoms with E-state index in [2.05, 4.69) is 5.32 Å². The molecule has 0 saturated carbocycles.